The number of hydrogen-bond donors (Lipinski definition) is 1. The van der Waals surface area contributed by atoms with E-state index in [4.69, 9.17) is 9.47 Å². The van der Waals surface area contributed by atoms with Gasteiger partial charge in [-0.1, -0.05) is 12.1 Å². The van der Waals surface area contributed by atoms with Crippen LogP contribution in [0.3, 0.4) is 0 Å². The molecule has 1 atom stereocenters. The maximum atomic E-state index is 11.7. The Balaban J connectivity index is 2.01. The molecule has 0 aromatic heterocycles. The number of hydrogen-bond acceptors (Lipinski definition) is 4. The maximum absolute atomic E-state index is 11.7. The van der Waals surface area contributed by atoms with Crippen LogP contribution in [0.2, 0.25) is 0 Å². The summed E-state index contributed by atoms with van der Waals surface area (Å²) in [7, 11) is 1.36. The second-order valence-electron chi connectivity index (χ2n) is 4.57. The van der Waals surface area contributed by atoms with E-state index in [0.29, 0.717) is 6.42 Å². The van der Waals surface area contributed by atoms with Gasteiger partial charge in [0.2, 0.25) is 0 Å². The third-order valence-electron chi connectivity index (χ3n) is 3.20. The number of ether oxygens (including phenoxy) is 2. The second-order valence-corrected chi connectivity index (χ2v) is 4.57. The van der Waals surface area contributed by atoms with Crippen molar-refractivity contribution < 1.29 is 19.4 Å². The molecule has 1 N–H and O–H groups in total. The van der Waals surface area contributed by atoms with Crippen LogP contribution in [-0.2, 0) is 20.7 Å². The van der Waals surface area contributed by atoms with Crippen molar-refractivity contribution in [2.45, 2.75) is 37.9 Å². The van der Waals surface area contributed by atoms with Crippen LogP contribution in [0.25, 0.3) is 0 Å². The van der Waals surface area contributed by atoms with Gasteiger partial charge in [0.15, 0.2) is 6.10 Å². The van der Waals surface area contributed by atoms with Crippen molar-refractivity contribution in [3.63, 3.8) is 0 Å². The summed E-state index contributed by atoms with van der Waals surface area (Å²) in [5, 5.41) is 9.40. The number of phenolic OH excluding ortho intramolecular Hbond substituents is 1. The summed E-state index contributed by atoms with van der Waals surface area (Å²) in [5.41, 5.74) is 0.865. The molecule has 0 heterocycles. The molecule has 1 aliphatic carbocycles. The van der Waals surface area contributed by atoms with E-state index in [9.17, 15) is 9.90 Å². The van der Waals surface area contributed by atoms with E-state index in [-0.39, 0.29) is 17.8 Å². The monoisotopic (exact) mass is 250 g/mol. The van der Waals surface area contributed by atoms with E-state index in [1.54, 1.807) is 18.2 Å². The van der Waals surface area contributed by atoms with Crippen LogP contribution in [-0.4, -0.2) is 30.4 Å². The Bertz CT molecular complexity index is 412. The fraction of sp³-hybridized carbons (Fsp3) is 0.500. The molecule has 1 aromatic carbocycles. The van der Waals surface area contributed by atoms with Gasteiger partial charge in [-0.2, -0.15) is 0 Å². The minimum Gasteiger partial charge on any atom is -0.508 e. The van der Waals surface area contributed by atoms with Crippen LogP contribution in [0.1, 0.15) is 24.8 Å². The topological polar surface area (TPSA) is 55.8 Å². The zero-order chi connectivity index (χ0) is 13.0. The molecule has 0 radical (unpaired) electrons. The molecule has 1 aliphatic rings. The fourth-order valence-electron chi connectivity index (χ4n) is 1.96. The quantitative estimate of drug-likeness (QED) is 0.812. The molecule has 0 bridgehead atoms. The first kappa shape index (κ1) is 12.9. The van der Waals surface area contributed by atoms with Crippen LogP contribution in [0.4, 0.5) is 0 Å². The van der Waals surface area contributed by atoms with Crippen LogP contribution < -0.4 is 0 Å². The van der Waals surface area contributed by atoms with E-state index in [0.717, 1.165) is 24.8 Å². The molecule has 1 aromatic rings. The molecule has 0 aliphatic heterocycles. The number of aromatic hydroxyl groups is 1. The Morgan fingerprint density at radius 2 is 2.28 bits per heavy atom. The standard InChI is InChI=1S/C14H18O4/c1-17-14(16)13(18-12-6-3-7-12)9-10-4-2-5-11(15)8-10/h2,4-5,8,12-13,15H,3,6-7,9H2,1H3. The third kappa shape index (κ3) is 3.23. The van der Waals surface area contributed by atoms with E-state index in [2.05, 4.69) is 0 Å². The molecule has 1 unspecified atom stereocenters. The van der Waals surface area contributed by atoms with Crippen LogP contribution >= 0.6 is 0 Å². The van der Waals surface area contributed by atoms with Crippen molar-refractivity contribution in [2.75, 3.05) is 7.11 Å². The minimum atomic E-state index is -0.581. The van der Waals surface area contributed by atoms with Gasteiger partial charge < -0.3 is 14.6 Å². The lowest BCUT2D eigenvalue weighted by atomic mass is 9.95. The number of esters is 1. The van der Waals surface area contributed by atoms with Gasteiger partial charge in [-0.3, -0.25) is 0 Å². The van der Waals surface area contributed by atoms with Crippen molar-refractivity contribution in [1.82, 2.24) is 0 Å². The number of phenols is 1. The highest BCUT2D eigenvalue weighted by atomic mass is 16.6. The Labute approximate surface area is 107 Å². The molecule has 18 heavy (non-hydrogen) atoms. The van der Waals surface area contributed by atoms with Gasteiger partial charge in [0.25, 0.3) is 0 Å². The molecule has 98 valence electrons. The largest absolute Gasteiger partial charge is 0.508 e. The molecule has 4 heteroatoms. The third-order valence-corrected chi connectivity index (χ3v) is 3.20. The number of carbonyl (C=O) groups is 1. The van der Waals surface area contributed by atoms with Gasteiger partial charge in [-0.15, -0.1) is 0 Å². The van der Waals surface area contributed by atoms with E-state index in [1.807, 2.05) is 6.07 Å². The van der Waals surface area contributed by atoms with Crippen LogP contribution in [0.15, 0.2) is 24.3 Å². The normalized spacial score (nSPS) is 16.9. The Kier molecular flexibility index (Phi) is 4.20. The summed E-state index contributed by atoms with van der Waals surface area (Å²) >= 11 is 0. The van der Waals surface area contributed by atoms with Crippen molar-refractivity contribution in [2.24, 2.45) is 0 Å². The number of methoxy groups -OCH3 is 1. The van der Waals surface area contributed by atoms with E-state index < -0.39 is 6.10 Å². The molecule has 1 saturated carbocycles. The average Bonchev–Trinajstić information content (AvgIpc) is 2.31. The molecule has 0 saturated heterocycles. The van der Waals surface area contributed by atoms with Gasteiger partial charge in [0, 0.05) is 6.42 Å². The SMILES string of the molecule is COC(=O)C(Cc1cccc(O)c1)OC1CCC1. The number of benzene rings is 1. The summed E-state index contributed by atoms with van der Waals surface area (Å²) < 4.78 is 10.5. The maximum Gasteiger partial charge on any atom is 0.335 e. The Hall–Kier alpha value is -1.55. The molecule has 2 rings (SSSR count). The van der Waals surface area contributed by atoms with Gasteiger partial charge >= 0.3 is 5.97 Å². The zero-order valence-electron chi connectivity index (χ0n) is 10.5. The predicted molar refractivity (Wildman–Crippen MR) is 66.3 cm³/mol. The highest BCUT2D eigenvalue weighted by molar-refractivity contribution is 5.75. The van der Waals surface area contributed by atoms with Crippen molar-refractivity contribution in [3.05, 3.63) is 29.8 Å². The van der Waals surface area contributed by atoms with Gasteiger partial charge in [0.05, 0.1) is 13.2 Å². The molecular formula is C14H18O4. The van der Waals surface area contributed by atoms with Gasteiger partial charge in [-0.25, -0.2) is 4.79 Å². The summed E-state index contributed by atoms with van der Waals surface area (Å²) in [6.45, 7) is 0. The second kappa shape index (κ2) is 5.87. The summed E-state index contributed by atoms with van der Waals surface area (Å²) in [6, 6.07) is 6.85. The van der Waals surface area contributed by atoms with Crippen molar-refractivity contribution in [1.29, 1.82) is 0 Å². The lowest BCUT2D eigenvalue weighted by molar-refractivity contribution is -0.161. The van der Waals surface area contributed by atoms with Crippen molar-refractivity contribution >= 4 is 5.97 Å². The molecule has 4 nitrogen and oxygen atoms in total. The fourth-order valence-corrected chi connectivity index (χ4v) is 1.96. The predicted octanol–water partition coefficient (Wildman–Crippen LogP) is 2.05. The Morgan fingerprint density at radius 3 is 2.83 bits per heavy atom. The van der Waals surface area contributed by atoms with Crippen LogP contribution in [0.5, 0.6) is 5.75 Å². The van der Waals surface area contributed by atoms with Gasteiger partial charge in [0.1, 0.15) is 5.75 Å². The highest BCUT2D eigenvalue weighted by Gasteiger charge is 2.28. The lowest BCUT2D eigenvalue weighted by Gasteiger charge is -2.29. The van der Waals surface area contributed by atoms with E-state index >= 15 is 0 Å². The zero-order valence-corrected chi connectivity index (χ0v) is 10.5. The van der Waals surface area contributed by atoms with Gasteiger partial charge in [-0.05, 0) is 37.0 Å². The average molecular weight is 250 g/mol. The molecule has 0 amide bonds. The van der Waals surface area contributed by atoms with Crippen molar-refractivity contribution in [3.8, 4) is 5.75 Å². The molecule has 1 fully saturated rings. The first-order valence-electron chi connectivity index (χ1n) is 6.20. The lowest BCUT2D eigenvalue weighted by Crippen LogP contribution is -2.35. The smallest absolute Gasteiger partial charge is 0.335 e. The first-order valence-corrected chi connectivity index (χ1v) is 6.20. The Morgan fingerprint density at radius 1 is 1.50 bits per heavy atom. The summed E-state index contributed by atoms with van der Waals surface area (Å²) in [6.07, 6.45) is 3.19. The summed E-state index contributed by atoms with van der Waals surface area (Å²) in [5.74, 6) is -0.162. The van der Waals surface area contributed by atoms with Crippen LogP contribution in [0, 0.1) is 0 Å². The van der Waals surface area contributed by atoms with E-state index in [1.165, 1.54) is 7.11 Å². The molecule has 0 spiro atoms. The first-order chi connectivity index (χ1) is 8.69. The number of rotatable bonds is 5. The minimum absolute atomic E-state index is 0.173. The molecular weight excluding hydrogens is 232 g/mol. The number of carbonyl (C=O) groups excluding carboxylic acids is 1. The highest BCUT2D eigenvalue weighted by Crippen LogP contribution is 2.25. The summed E-state index contributed by atoms with van der Waals surface area (Å²) in [4.78, 5) is 11.7.